The standard InChI is InChI=1S/C12H24N2O2.ClH/c1-3-16-8-6-12(15)14-7-4-5-11(9-14)10(2)13;/h10-11H,3-9,13H2,1-2H3;1H. The molecule has 1 aliphatic rings. The molecule has 1 aliphatic heterocycles. The van der Waals surface area contributed by atoms with Gasteiger partial charge in [-0.3, -0.25) is 4.79 Å². The molecular weight excluding hydrogens is 240 g/mol. The van der Waals surface area contributed by atoms with Crippen LogP contribution in [0.25, 0.3) is 0 Å². The van der Waals surface area contributed by atoms with Crippen molar-refractivity contribution in [3.63, 3.8) is 0 Å². The number of likely N-dealkylation sites (tertiary alicyclic amines) is 1. The van der Waals surface area contributed by atoms with Gasteiger partial charge in [0.2, 0.25) is 5.91 Å². The monoisotopic (exact) mass is 264 g/mol. The van der Waals surface area contributed by atoms with Gasteiger partial charge in [0.1, 0.15) is 0 Å². The van der Waals surface area contributed by atoms with E-state index in [4.69, 9.17) is 10.5 Å². The van der Waals surface area contributed by atoms with Crippen LogP contribution in [-0.2, 0) is 9.53 Å². The fourth-order valence-electron chi connectivity index (χ4n) is 2.13. The van der Waals surface area contributed by atoms with E-state index < -0.39 is 0 Å². The van der Waals surface area contributed by atoms with Crippen LogP contribution in [0.5, 0.6) is 0 Å². The molecule has 0 saturated carbocycles. The number of nitrogens with two attached hydrogens (primary N) is 1. The van der Waals surface area contributed by atoms with E-state index >= 15 is 0 Å². The summed E-state index contributed by atoms with van der Waals surface area (Å²) in [5, 5.41) is 0. The summed E-state index contributed by atoms with van der Waals surface area (Å²) in [6, 6.07) is 0.183. The Labute approximate surface area is 110 Å². The van der Waals surface area contributed by atoms with Crippen molar-refractivity contribution in [3.8, 4) is 0 Å². The lowest BCUT2D eigenvalue weighted by molar-refractivity contribution is -0.134. The second kappa shape index (κ2) is 8.72. The van der Waals surface area contributed by atoms with Crippen LogP contribution in [0, 0.1) is 5.92 Å². The van der Waals surface area contributed by atoms with Crippen LogP contribution in [0.15, 0.2) is 0 Å². The molecule has 0 aromatic rings. The Morgan fingerprint density at radius 3 is 2.88 bits per heavy atom. The maximum atomic E-state index is 11.8. The van der Waals surface area contributed by atoms with Gasteiger partial charge in [-0.1, -0.05) is 0 Å². The van der Waals surface area contributed by atoms with Crippen molar-refractivity contribution in [2.75, 3.05) is 26.3 Å². The van der Waals surface area contributed by atoms with Crippen LogP contribution in [0.4, 0.5) is 0 Å². The van der Waals surface area contributed by atoms with Crippen molar-refractivity contribution in [2.45, 2.75) is 39.2 Å². The molecule has 17 heavy (non-hydrogen) atoms. The van der Waals surface area contributed by atoms with Crippen LogP contribution in [0.2, 0.25) is 0 Å². The lowest BCUT2D eigenvalue weighted by Gasteiger charge is -2.34. The Morgan fingerprint density at radius 2 is 2.29 bits per heavy atom. The third-order valence-corrected chi connectivity index (χ3v) is 3.22. The van der Waals surface area contributed by atoms with Gasteiger partial charge >= 0.3 is 0 Å². The Kier molecular flexibility index (Phi) is 8.56. The quantitative estimate of drug-likeness (QED) is 0.764. The number of piperidine rings is 1. The average molecular weight is 265 g/mol. The van der Waals surface area contributed by atoms with Crippen molar-refractivity contribution in [3.05, 3.63) is 0 Å². The van der Waals surface area contributed by atoms with Gasteiger partial charge in [-0.15, -0.1) is 12.4 Å². The molecule has 2 unspecified atom stereocenters. The van der Waals surface area contributed by atoms with Crippen LogP contribution >= 0.6 is 12.4 Å². The molecule has 2 N–H and O–H groups in total. The maximum Gasteiger partial charge on any atom is 0.224 e. The van der Waals surface area contributed by atoms with Gasteiger partial charge in [0.15, 0.2) is 0 Å². The first-order valence-corrected chi connectivity index (χ1v) is 6.26. The molecule has 0 aromatic carbocycles. The summed E-state index contributed by atoms with van der Waals surface area (Å²) in [7, 11) is 0. The van der Waals surface area contributed by atoms with Gasteiger partial charge in [-0.05, 0) is 32.6 Å². The molecule has 0 spiro atoms. The van der Waals surface area contributed by atoms with Crippen molar-refractivity contribution < 1.29 is 9.53 Å². The number of rotatable bonds is 5. The van der Waals surface area contributed by atoms with Crippen LogP contribution < -0.4 is 5.73 Å². The number of halogens is 1. The van der Waals surface area contributed by atoms with E-state index in [1.54, 1.807) is 0 Å². The van der Waals surface area contributed by atoms with E-state index in [0.717, 1.165) is 25.9 Å². The van der Waals surface area contributed by atoms with E-state index in [9.17, 15) is 4.79 Å². The largest absolute Gasteiger partial charge is 0.381 e. The summed E-state index contributed by atoms with van der Waals surface area (Å²) < 4.78 is 5.20. The molecule has 102 valence electrons. The summed E-state index contributed by atoms with van der Waals surface area (Å²) in [4.78, 5) is 13.8. The van der Waals surface area contributed by atoms with Crippen LogP contribution in [0.1, 0.15) is 33.1 Å². The summed E-state index contributed by atoms with van der Waals surface area (Å²) >= 11 is 0. The Hall–Kier alpha value is -0.320. The number of carbonyl (C=O) groups is 1. The molecule has 0 bridgehead atoms. The highest BCUT2D eigenvalue weighted by atomic mass is 35.5. The molecule has 0 radical (unpaired) electrons. The van der Waals surface area contributed by atoms with E-state index in [0.29, 0.717) is 25.6 Å². The smallest absolute Gasteiger partial charge is 0.224 e. The molecule has 2 atom stereocenters. The molecule has 4 nitrogen and oxygen atoms in total. The molecule has 5 heteroatoms. The maximum absolute atomic E-state index is 11.8. The van der Waals surface area contributed by atoms with Gasteiger partial charge in [0, 0.05) is 25.7 Å². The molecule has 0 aliphatic carbocycles. The fourth-order valence-corrected chi connectivity index (χ4v) is 2.13. The van der Waals surface area contributed by atoms with Crippen molar-refractivity contribution in [1.29, 1.82) is 0 Å². The third kappa shape index (κ3) is 5.70. The van der Waals surface area contributed by atoms with Gasteiger partial charge in [0.25, 0.3) is 0 Å². The molecule has 0 aromatic heterocycles. The number of hydrogen-bond donors (Lipinski definition) is 1. The SMILES string of the molecule is CCOCCC(=O)N1CCCC(C(C)N)C1.Cl. The Morgan fingerprint density at radius 1 is 1.59 bits per heavy atom. The number of amides is 1. The zero-order valence-corrected chi connectivity index (χ0v) is 11.7. The highest BCUT2D eigenvalue weighted by Crippen LogP contribution is 2.19. The van der Waals surface area contributed by atoms with Crippen LogP contribution in [-0.4, -0.2) is 43.2 Å². The van der Waals surface area contributed by atoms with Gasteiger partial charge < -0.3 is 15.4 Å². The molecular formula is C12H25ClN2O2. The third-order valence-electron chi connectivity index (χ3n) is 3.22. The van der Waals surface area contributed by atoms with Gasteiger partial charge in [-0.2, -0.15) is 0 Å². The minimum absolute atomic E-state index is 0. The number of ether oxygens (including phenoxy) is 1. The van der Waals surface area contributed by atoms with Crippen molar-refractivity contribution >= 4 is 18.3 Å². The Bertz CT molecular complexity index is 225. The summed E-state index contributed by atoms with van der Waals surface area (Å²) in [6.45, 7) is 6.89. The second-order valence-corrected chi connectivity index (χ2v) is 4.55. The predicted octanol–water partition coefficient (Wildman–Crippen LogP) is 1.42. The average Bonchev–Trinajstić information content (AvgIpc) is 2.29. The predicted molar refractivity (Wildman–Crippen MR) is 71.3 cm³/mol. The van der Waals surface area contributed by atoms with E-state index in [1.165, 1.54) is 0 Å². The van der Waals surface area contributed by atoms with E-state index in [2.05, 4.69) is 0 Å². The van der Waals surface area contributed by atoms with E-state index in [-0.39, 0.29) is 24.4 Å². The van der Waals surface area contributed by atoms with Crippen LogP contribution in [0.3, 0.4) is 0 Å². The summed E-state index contributed by atoms with van der Waals surface area (Å²) in [6.07, 6.45) is 2.72. The zero-order valence-electron chi connectivity index (χ0n) is 10.9. The first kappa shape index (κ1) is 16.7. The normalized spacial score (nSPS) is 21.8. The summed E-state index contributed by atoms with van der Waals surface area (Å²) in [5.41, 5.74) is 5.89. The summed E-state index contributed by atoms with van der Waals surface area (Å²) in [5.74, 6) is 0.670. The number of carbonyl (C=O) groups excluding carboxylic acids is 1. The first-order valence-electron chi connectivity index (χ1n) is 6.26. The topological polar surface area (TPSA) is 55.6 Å². The number of hydrogen-bond acceptors (Lipinski definition) is 3. The minimum atomic E-state index is 0. The fraction of sp³-hybridized carbons (Fsp3) is 0.917. The molecule has 1 saturated heterocycles. The molecule has 1 amide bonds. The second-order valence-electron chi connectivity index (χ2n) is 4.55. The van der Waals surface area contributed by atoms with Crippen molar-refractivity contribution in [1.82, 2.24) is 4.90 Å². The van der Waals surface area contributed by atoms with E-state index in [1.807, 2.05) is 18.7 Å². The number of nitrogens with zero attached hydrogens (tertiary/aromatic N) is 1. The highest BCUT2D eigenvalue weighted by molar-refractivity contribution is 5.85. The first-order chi connectivity index (χ1) is 7.65. The molecule has 1 heterocycles. The Balaban J connectivity index is 0.00000256. The minimum Gasteiger partial charge on any atom is -0.381 e. The molecule has 1 rings (SSSR count). The van der Waals surface area contributed by atoms with Gasteiger partial charge in [-0.25, -0.2) is 0 Å². The lowest BCUT2D eigenvalue weighted by Crippen LogP contribution is -2.45. The van der Waals surface area contributed by atoms with Crippen molar-refractivity contribution in [2.24, 2.45) is 11.7 Å². The highest BCUT2D eigenvalue weighted by Gasteiger charge is 2.25. The lowest BCUT2D eigenvalue weighted by atomic mass is 9.92. The zero-order chi connectivity index (χ0) is 12.0. The molecule has 1 fully saturated rings. The van der Waals surface area contributed by atoms with Gasteiger partial charge in [0.05, 0.1) is 13.0 Å².